The van der Waals surface area contributed by atoms with E-state index < -0.39 is 0 Å². The third-order valence-electron chi connectivity index (χ3n) is 5.18. The van der Waals surface area contributed by atoms with Gasteiger partial charge >= 0.3 is 0 Å². The topological polar surface area (TPSA) is 83.1 Å². The molecule has 1 amide bonds. The molecule has 0 aliphatic carbocycles. The fourth-order valence-electron chi connectivity index (χ4n) is 3.84. The number of carbonyl (C=O) groups excluding carboxylic acids is 1. The van der Waals surface area contributed by atoms with Crippen LogP contribution >= 0.6 is 0 Å². The Morgan fingerprint density at radius 3 is 3.00 bits per heavy atom. The van der Waals surface area contributed by atoms with Crippen molar-refractivity contribution < 1.29 is 9.53 Å². The Bertz CT molecular complexity index is 956. The van der Waals surface area contributed by atoms with Gasteiger partial charge in [0.05, 0.1) is 25.5 Å². The van der Waals surface area contributed by atoms with Gasteiger partial charge in [-0.05, 0) is 29.5 Å². The third kappa shape index (κ3) is 2.85. The predicted octanol–water partition coefficient (Wildman–Crippen LogP) is 2.04. The van der Waals surface area contributed by atoms with Gasteiger partial charge in [0.2, 0.25) is 5.91 Å². The Morgan fingerprint density at radius 2 is 2.23 bits per heavy atom. The van der Waals surface area contributed by atoms with Gasteiger partial charge < -0.3 is 10.1 Å². The first-order valence-corrected chi connectivity index (χ1v) is 8.79. The second-order valence-electron chi connectivity index (χ2n) is 6.94. The summed E-state index contributed by atoms with van der Waals surface area (Å²) in [5.41, 5.74) is 2.10. The number of hydrogen-bond donors (Lipinski definition) is 2. The fourth-order valence-corrected chi connectivity index (χ4v) is 3.84. The summed E-state index contributed by atoms with van der Waals surface area (Å²) in [5, 5.41) is 11.8. The lowest BCUT2D eigenvalue weighted by Crippen LogP contribution is -2.41. The number of likely N-dealkylation sites (tertiary alicyclic amines) is 1. The molecule has 4 heterocycles. The molecule has 26 heavy (non-hydrogen) atoms. The number of hydrogen-bond acceptors (Lipinski definition) is 5. The van der Waals surface area contributed by atoms with Gasteiger partial charge in [0.1, 0.15) is 5.82 Å². The maximum absolute atomic E-state index is 12.4. The lowest BCUT2D eigenvalue weighted by molar-refractivity contribution is -0.118. The van der Waals surface area contributed by atoms with Crippen molar-refractivity contribution in [2.75, 3.05) is 25.0 Å². The van der Waals surface area contributed by atoms with Crippen molar-refractivity contribution in [3.8, 4) is 11.1 Å². The van der Waals surface area contributed by atoms with Crippen molar-refractivity contribution in [2.45, 2.75) is 18.6 Å². The number of aromatic amines is 1. The zero-order valence-electron chi connectivity index (χ0n) is 14.2. The molecule has 2 bridgehead atoms. The number of pyridine rings is 1. The van der Waals surface area contributed by atoms with Crippen molar-refractivity contribution in [3.05, 3.63) is 42.9 Å². The molecule has 2 aromatic heterocycles. The number of benzene rings is 1. The van der Waals surface area contributed by atoms with E-state index in [9.17, 15) is 4.79 Å². The summed E-state index contributed by atoms with van der Waals surface area (Å²) in [5.74, 6) is 0.544. The number of amides is 1. The van der Waals surface area contributed by atoms with Gasteiger partial charge in [-0.15, -0.1) is 0 Å². The fraction of sp³-hybridized carbons (Fsp3) is 0.316. The lowest BCUT2D eigenvalue weighted by atomic mass is 10.1. The van der Waals surface area contributed by atoms with E-state index in [-0.39, 0.29) is 5.91 Å². The largest absolute Gasteiger partial charge is 0.375 e. The summed E-state index contributed by atoms with van der Waals surface area (Å²) in [4.78, 5) is 19.0. The Balaban J connectivity index is 1.33. The molecule has 132 valence electrons. The number of aromatic nitrogens is 3. The molecular weight excluding hydrogens is 330 g/mol. The minimum absolute atomic E-state index is 0.0320. The number of carbonyl (C=O) groups is 1. The molecule has 3 aromatic rings. The van der Waals surface area contributed by atoms with Crippen LogP contribution in [0.1, 0.15) is 6.42 Å². The summed E-state index contributed by atoms with van der Waals surface area (Å²) in [7, 11) is 0. The average molecular weight is 349 g/mol. The van der Waals surface area contributed by atoms with Crippen LogP contribution in [0.2, 0.25) is 0 Å². The number of nitrogens with zero attached hydrogens (tertiary/aromatic N) is 3. The minimum atomic E-state index is -0.0320. The highest BCUT2D eigenvalue weighted by Gasteiger charge is 2.39. The van der Waals surface area contributed by atoms with Crippen LogP contribution in [0.3, 0.4) is 0 Å². The number of anilines is 1. The summed E-state index contributed by atoms with van der Waals surface area (Å²) in [6.45, 7) is 1.97. The van der Waals surface area contributed by atoms with Gasteiger partial charge in [-0.1, -0.05) is 12.1 Å². The maximum atomic E-state index is 12.4. The monoisotopic (exact) mass is 349 g/mol. The van der Waals surface area contributed by atoms with Gasteiger partial charge in [-0.25, -0.2) is 4.98 Å². The number of H-pyrrole nitrogens is 1. The molecule has 7 nitrogen and oxygen atoms in total. The van der Waals surface area contributed by atoms with Gasteiger partial charge in [-0.2, -0.15) is 5.10 Å². The Kier molecular flexibility index (Phi) is 3.69. The first kappa shape index (κ1) is 15.5. The summed E-state index contributed by atoms with van der Waals surface area (Å²) in [6, 6.07) is 8.44. The highest BCUT2D eigenvalue weighted by molar-refractivity contribution is 5.94. The SMILES string of the molecule is O=C(CN1C[C@H]2C[C@@H]1CO2)Nc1cc2cc(-c3cn[nH]c3)ccc2cn1. The second-order valence-corrected chi connectivity index (χ2v) is 6.94. The molecule has 2 saturated heterocycles. The molecule has 0 spiro atoms. The quantitative estimate of drug-likeness (QED) is 0.753. The Hall–Kier alpha value is -2.77. The van der Waals surface area contributed by atoms with Crippen LogP contribution in [0, 0.1) is 0 Å². The first-order valence-electron chi connectivity index (χ1n) is 8.79. The van der Waals surface area contributed by atoms with Crippen molar-refractivity contribution in [2.24, 2.45) is 0 Å². The van der Waals surface area contributed by atoms with Gasteiger partial charge in [0.25, 0.3) is 0 Å². The molecule has 2 aliphatic heterocycles. The van der Waals surface area contributed by atoms with E-state index in [2.05, 4.69) is 31.5 Å². The molecule has 0 saturated carbocycles. The van der Waals surface area contributed by atoms with E-state index in [0.29, 0.717) is 24.5 Å². The standard InChI is InChI=1S/C19H19N5O2/c25-19(10-24-9-17-5-16(24)11-26-17)23-18-4-14-3-12(15-7-21-22-8-15)1-2-13(14)6-20-18/h1-4,6-8,16-17H,5,9-11H2,(H,21,22)(H,20,23,25)/t16-,17-/m1/s1. The van der Waals surface area contributed by atoms with Crippen LogP contribution in [0.4, 0.5) is 5.82 Å². The van der Waals surface area contributed by atoms with E-state index in [1.165, 1.54) is 0 Å². The first-order chi connectivity index (χ1) is 12.7. The molecule has 0 radical (unpaired) electrons. The van der Waals surface area contributed by atoms with E-state index in [4.69, 9.17) is 4.74 Å². The molecule has 1 aromatic carbocycles. The second kappa shape index (κ2) is 6.19. The molecule has 5 rings (SSSR count). The number of nitrogens with one attached hydrogen (secondary N) is 2. The summed E-state index contributed by atoms with van der Waals surface area (Å²) >= 11 is 0. The summed E-state index contributed by atoms with van der Waals surface area (Å²) < 4.78 is 5.58. The van der Waals surface area contributed by atoms with Crippen molar-refractivity contribution in [3.63, 3.8) is 0 Å². The van der Waals surface area contributed by atoms with E-state index in [1.54, 1.807) is 12.4 Å². The van der Waals surface area contributed by atoms with Crippen molar-refractivity contribution >= 4 is 22.5 Å². The third-order valence-corrected chi connectivity index (χ3v) is 5.18. The molecule has 2 atom stereocenters. The van der Waals surface area contributed by atoms with Gasteiger partial charge in [-0.3, -0.25) is 14.8 Å². The predicted molar refractivity (Wildman–Crippen MR) is 97.7 cm³/mol. The van der Waals surface area contributed by atoms with Crippen LogP contribution in [-0.2, 0) is 9.53 Å². The van der Waals surface area contributed by atoms with Crippen LogP contribution in [-0.4, -0.2) is 57.8 Å². The molecule has 2 N–H and O–H groups in total. The summed E-state index contributed by atoms with van der Waals surface area (Å²) in [6.07, 6.45) is 6.78. The Morgan fingerprint density at radius 1 is 1.27 bits per heavy atom. The van der Waals surface area contributed by atoms with Crippen LogP contribution in [0.5, 0.6) is 0 Å². The van der Waals surface area contributed by atoms with Crippen LogP contribution in [0.15, 0.2) is 42.9 Å². The average Bonchev–Trinajstić information content (AvgIpc) is 3.39. The Labute approximate surface area is 150 Å². The van der Waals surface area contributed by atoms with Crippen molar-refractivity contribution in [1.29, 1.82) is 0 Å². The number of morpholine rings is 1. The van der Waals surface area contributed by atoms with Crippen LogP contribution < -0.4 is 5.32 Å². The molecular formula is C19H19N5O2. The van der Waals surface area contributed by atoms with E-state index >= 15 is 0 Å². The number of rotatable bonds is 4. The molecule has 7 heteroatoms. The number of ether oxygens (including phenoxy) is 1. The minimum Gasteiger partial charge on any atom is -0.375 e. The zero-order valence-corrected chi connectivity index (χ0v) is 14.2. The van der Waals surface area contributed by atoms with Crippen molar-refractivity contribution in [1.82, 2.24) is 20.1 Å². The zero-order chi connectivity index (χ0) is 17.5. The normalized spacial score (nSPS) is 22.2. The highest BCUT2D eigenvalue weighted by atomic mass is 16.5. The van der Waals surface area contributed by atoms with Gasteiger partial charge in [0.15, 0.2) is 0 Å². The van der Waals surface area contributed by atoms with Gasteiger partial charge in [0, 0.05) is 35.9 Å². The maximum Gasteiger partial charge on any atom is 0.239 e. The molecule has 2 aliphatic rings. The molecule has 0 unspecified atom stereocenters. The lowest BCUT2D eigenvalue weighted by Gasteiger charge is -2.25. The smallest absolute Gasteiger partial charge is 0.239 e. The van der Waals surface area contributed by atoms with Crippen LogP contribution in [0.25, 0.3) is 21.9 Å². The number of fused-ring (bicyclic) bond motifs is 3. The highest BCUT2D eigenvalue weighted by Crippen LogP contribution is 2.28. The molecule has 2 fully saturated rings. The van der Waals surface area contributed by atoms with E-state index in [0.717, 1.165) is 41.5 Å². The van der Waals surface area contributed by atoms with E-state index in [1.807, 2.05) is 24.4 Å².